The Morgan fingerprint density at radius 2 is 1.80 bits per heavy atom. The van der Waals surface area contributed by atoms with Crippen molar-refractivity contribution in [2.75, 3.05) is 0 Å². The summed E-state index contributed by atoms with van der Waals surface area (Å²) in [5.41, 5.74) is 1.34. The molecule has 0 unspecified atom stereocenters. The van der Waals surface area contributed by atoms with Gasteiger partial charge in [0.15, 0.2) is 0 Å². The third-order valence-electron chi connectivity index (χ3n) is 2.09. The van der Waals surface area contributed by atoms with E-state index < -0.39 is 0 Å². The first-order valence-electron chi connectivity index (χ1n) is 5.00. The zero-order valence-electron chi connectivity index (χ0n) is 9.16. The molecule has 0 atom stereocenters. The van der Waals surface area contributed by atoms with E-state index in [4.69, 9.17) is 0 Å². The summed E-state index contributed by atoms with van der Waals surface area (Å²) in [4.78, 5) is 13.6. The van der Waals surface area contributed by atoms with Crippen molar-refractivity contribution >= 4 is 10.9 Å². The van der Waals surface area contributed by atoms with Crippen molar-refractivity contribution in [3.8, 4) is 5.75 Å². The van der Waals surface area contributed by atoms with Gasteiger partial charge in [0.05, 0.1) is 5.52 Å². The van der Waals surface area contributed by atoms with Crippen LogP contribution in [0.4, 0.5) is 0 Å². The van der Waals surface area contributed by atoms with Crippen LogP contribution in [0.15, 0.2) is 29.1 Å². The molecule has 0 fully saturated rings. The first-order valence-corrected chi connectivity index (χ1v) is 5.00. The van der Waals surface area contributed by atoms with Gasteiger partial charge in [0.25, 0.3) is 0 Å². The molecule has 0 amide bonds. The first-order chi connectivity index (χ1) is 7.18. The fourth-order valence-corrected chi connectivity index (χ4v) is 1.38. The molecule has 0 aliphatic heterocycles. The van der Waals surface area contributed by atoms with E-state index in [1.165, 1.54) is 6.07 Å². The molecule has 2 aromatic rings. The van der Waals surface area contributed by atoms with E-state index in [9.17, 15) is 9.90 Å². The molecule has 0 aliphatic carbocycles. The van der Waals surface area contributed by atoms with Gasteiger partial charge in [0.2, 0.25) is 5.56 Å². The maximum Gasteiger partial charge on any atom is 0.248 e. The second kappa shape index (κ2) is 4.64. The molecule has 0 saturated heterocycles. The number of H-pyrrole nitrogens is 1. The summed E-state index contributed by atoms with van der Waals surface area (Å²) in [6.07, 6.45) is 0. The smallest absolute Gasteiger partial charge is 0.248 e. The lowest BCUT2D eigenvalue weighted by Crippen LogP contribution is -2.02. The van der Waals surface area contributed by atoms with Crippen LogP contribution in [0.5, 0.6) is 5.75 Å². The van der Waals surface area contributed by atoms with Gasteiger partial charge in [0, 0.05) is 11.5 Å². The van der Waals surface area contributed by atoms with Crippen LogP contribution < -0.4 is 5.56 Å². The summed E-state index contributed by atoms with van der Waals surface area (Å²) in [5, 5.41) is 10.3. The fourth-order valence-electron chi connectivity index (χ4n) is 1.38. The van der Waals surface area contributed by atoms with Gasteiger partial charge in [-0.15, -0.1) is 0 Å². The third kappa shape index (κ3) is 2.18. The van der Waals surface area contributed by atoms with Gasteiger partial charge in [-0.25, -0.2) is 0 Å². The Kier molecular flexibility index (Phi) is 3.50. The van der Waals surface area contributed by atoms with Crippen LogP contribution in [-0.4, -0.2) is 10.1 Å². The Balaban J connectivity index is 0.000000531. The number of aromatic hydroxyl groups is 1. The molecular weight excluding hydrogens is 190 g/mol. The highest BCUT2D eigenvalue weighted by molar-refractivity contribution is 5.86. The standard InChI is InChI=1S/C10H9NO2.C2H6/c1-6-2-4-8(12)10-7(6)3-5-9(13)11-10;1-2/h2-5,12H,1H3,(H,11,13);1-2H3. The number of hydrogen-bond donors (Lipinski definition) is 2. The monoisotopic (exact) mass is 205 g/mol. The minimum atomic E-state index is -0.201. The minimum Gasteiger partial charge on any atom is -0.506 e. The van der Waals surface area contributed by atoms with Gasteiger partial charge in [-0.1, -0.05) is 19.9 Å². The fraction of sp³-hybridized carbons (Fsp3) is 0.250. The Labute approximate surface area is 88.4 Å². The average molecular weight is 205 g/mol. The highest BCUT2D eigenvalue weighted by Crippen LogP contribution is 2.23. The Hall–Kier alpha value is -1.77. The lowest BCUT2D eigenvalue weighted by atomic mass is 10.1. The second-order valence-corrected chi connectivity index (χ2v) is 3.01. The van der Waals surface area contributed by atoms with Crippen molar-refractivity contribution in [1.82, 2.24) is 4.98 Å². The molecule has 3 nitrogen and oxygen atoms in total. The van der Waals surface area contributed by atoms with E-state index in [0.717, 1.165) is 10.9 Å². The molecule has 0 bridgehead atoms. The molecule has 1 aromatic heterocycles. The number of pyridine rings is 1. The van der Waals surface area contributed by atoms with Gasteiger partial charge in [-0.05, 0) is 24.6 Å². The van der Waals surface area contributed by atoms with E-state index in [1.54, 1.807) is 12.1 Å². The first kappa shape index (κ1) is 11.3. The molecule has 3 heteroatoms. The second-order valence-electron chi connectivity index (χ2n) is 3.01. The summed E-state index contributed by atoms with van der Waals surface area (Å²) in [6, 6.07) is 6.56. The van der Waals surface area contributed by atoms with Crippen molar-refractivity contribution in [1.29, 1.82) is 0 Å². The number of aryl methyl sites for hydroxylation is 1. The maximum atomic E-state index is 11.0. The number of benzene rings is 1. The van der Waals surface area contributed by atoms with E-state index in [-0.39, 0.29) is 11.3 Å². The molecule has 0 saturated carbocycles. The molecule has 2 N–H and O–H groups in total. The maximum absolute atomic E-state index is 11.0. The number of rotatable bonds is 0. The molecule has 0 radical (unpaired) electrons. The molecule has 1 aromatic carbocycles. The summed E-state index contributed by atoms with van der Waals surface area (Å²) >= 11 is 0. The van der Waals surface area contributed by atoms with Crippen molar-refractivity contribution in [3.63, 3.8) is 0 Å². The molecule has 0 spiro atoms. The van der Waals surface area contributed by atoms with Crippen molar-refractivity contribution < 1.29 is 5.11 Å². The van der Waals surface area contributed by atoms with Crippen molar-refractivity contribution in [3.05, 3.63) is 40.2 Å². The number of nitrogens with one attached hydrogen (secondary N) is 1. The van der Waals surface area contributed by atoms with Gasteiger partial charge in [0.1, 0.15) is 5.75 Å². The molecular formula is C12H15NO2. The predicted molar refractivity (Wildman–Crippen MR) is 62.3 cm³/mol. The number of aromatic nitrogens is 1. The van der Waals surface area contributed by atoms with Crippen molar-refractivity contribution in [2.45, 2.75) is 20.8 Å². The summed E-state index contributed by atoms with van der Waals surface area (Å²) in [6.45, 7) is 5.93. The van der Waals surface area contributed by atoms with E-state index >= 15 is 0 Å². The topological polar surface area (TPSA) is 53.1 Å². The van der Waals surface area contributed by atoms with Crippen molar-refractivity contribution in [2.24, 2.45) is 0 Å². The Morgan fingerprint density at radius 3 is 2.47 bits per heavy atom. The normalized spacial score (nSPS) is 9.53. The molecule has 0 aliphatic rings. The van der Waals surface area contributed by atoms with Crippen LogP contribution in [0.3, 0.4) is 0 Å². The summed E-state index contributed by atoms with van der Waals surface area (Å²) < 4.78 is 0. The SMILES string of the molecule is CC.Cc1ccc(O)c2[nH]c(=O)ccc12. The Bertz CT molecular complexity index is 515. The molecule has 80 valence electrons. The Morgan fingerprint density at radius 1 is 1.13 bits per heavy atom. The van der Waals surface area contributed by atoms with Crippen LogP contribution in [0.25, 0.3) is 10.9 Å². The van der Waals surface area contributed by atoms with E-state index in [0.29, 0.717) is 5.52 Å². The predicted octanol–water partition coefficient (Wildman–Crippen LogP) is 2.57. The zero-order valence-corrected chi connectivity index (χ0v) is 9.16. The van der Waals surface area contributed by atoms with Crippen LogP contribution in [0.1, 0.15) is 19.4 Å². The third-order valence-corrected chi connectivity index (χ3v) is 2.09. The highest BCUT2D eigenvalue weighted by Gasteiger charge is 2.01. The van der Waals surface area contributed by atoms with Gasteiger partial charge < -0.3 is 10.1 Å². The van der Waals surface area contributed by atoms with E-state index in [1.807, 2.05) is 26.8 Å². The van der Waals surface area contributed by atoms with Crippen LogP contribution >= 0.6 is 0 Å². The molecule has 15 heavy (non-hydrogen) atoms. The zero-order chi connectivity index (χ0) is 11.4. The number of phenols is 1. The summed E-state index contributed by atoms with van der Waals surface area (Å²) in [7, 11) is 0. The van der Waals surface area contributed by atoms with Gasteiger partial charge in [-0.2, -0.15) is 0 Å². The summed E-state index contributed by atoms with van der Waals surface area (Å²) in [5.74, 6) is 0.110. The quantitative estimate of drug-likeness (QED) is 0.694. The minimum absolute atomic E-state index is 0.110. The highest BCUT2D eigenvalue weighted by atomic mass is 16.3. The largest absolute Gasteiger partial charge is 0.506 e. The van der Waals surface area contributed by atoms with E-state index in [2.05, 4.69) is 4.98 Å². The lowest BCUT2D eigenvalue weighted by molar-refractivity contribution is 0.480. The number of phenolic OH excluding ortho intramolecular Hbond substituents is 1. The number of fused-ring (bicyclic) bond motifs is 1. The number of hydrogen-bond acceptors (Lipinski definition) is 2. The van der Waals surface area contributed by atoms with Crippen LogP contribution in [-0.2, 0) is 0 Å². The molecule has 1 heterocycles. The van der Waals surface area contributed by atoms with Gasteiger partial charge in [-0.3, -0.25) is 4.79 Å². The average Bonchev–Trinajstić information content (AvgIpc) is 2.27. The van der Waals surface area contributed by atoms with Crippen LogP contribution in [0.2, 0.25) is 0 Å². The molecule has 2 rings (SSSR count). The van der Waals surface area contributed by atoms with Crippen LogP contribution in [0, 0.1) is 6.92 Å². The van der Waals surface area contributed by atoms with Gasteiger partial charge >= 0.3 is 0 Å². The number of aromatic amines is 1. The lowest BCUT2D eigenvalue weighted by Gasteiger charge is -2.02.